The van der Waals surface area contributed by atoms with Crippen LogP contribution in [0.4, 0.5) is 0 Å². The van der Waals surface area contributed by atoms with Gasteiger partial charge in [0.05, 0.1) is 0 Å². The lowest BCUT2D eigenvalue weighted by atomic mass is 10.0. The van der Waals surface area contributed by atoms with Gasteiger partial charge in [0, 0.05) is 48.6 Å². The van der Waals surface area contributed by atoms with Crippen molar-refractivity contribution in [1.82, 2.24) is 15.2 Å². The van der Waals surface area contributed by atoms with Gasteiger partial charge in [0.25, 0.3) is 5.91 Å². The fourth-order valence-electron chi connectivity index (χ4n) is 3.32. The number of likely N-dealkylation sites (tertiary alicyclic amines) is 1. The van der Waals surface area contributed by atoms with Crippen LogP contribution in [0.1, 0.15) is 35.1 Å². The number of nitrogens with zero attached hydrogens (tertiary/aromatic N) is 2. The Morgan fingerprint density at radius 1 is 1.12 bits per heavy atom. The van der Waals surface area contributed by atoms with E-state index in [0.717, 1.165) is 28.9 Å². The Labute approximate surface area is 148 Å². The standard InChI is InChI=1S/C20H23N3O2/c1-13-4-9-19(14(2)21-13)16-5-7-17(8-6-16)20(25)23-11-10-18(12-23)22-15(3)24/h4-9,18H,10-12H2,1-3H3,(H,22,24)/t18-/m1/s1. The maximum absolute atomic E-state index is 12.6. The van der Waals surface area contributed by atoms with Crippen molar-refractivity contribution < 1.29 is 9.59 Å². The van der Waals surface area contributed by atoms with Crippen molar-refractivity contribution in [2.75, 3.05) is 13.1 Å². The first-order valence-electron chi connectivity index (χ1n) is 8.55. The minimum Gasteiger partial charge on any atom is -0.352 e. The monoisotopic (exact) mass is 337 g/mol. The number of aryl methyl sites for hydroxylation is 2. The number of rotatable bonds is 3. The second-order valence-corrected chi connectivity index (χ2v) is 6.60. The van der Waals surface area contributed by atoms with Crippen molar-refractivity contribution in [2.45, 2.75) is 33.2 Å². The summed E-state index contributed by atoms with van der Waals surface area (Å²) in [6, 6.07) is 11.8. The molecule has 1 aromatic carbocycles. The molecule has 0 spiro atoms. The maximum Gasteiger partial charge on any atom is 0.253 e. The highest BCUT2D eigenvalue weighted by Gasteiger charge is 2.27. The Bertz CT molecular complexity index is 799. The number of carbonyl (C=O) groups is 2. The third-order valence-electron chi connectivity index (χ3n) is 4.55. The molecule has 1 saturated heterocycles. The minimum atomic E-state index is -0.0503. The van der Waals surface area contributed by atoms with E-state index in [1.807, 2.05) is 44.2 Å². The van der Waals surface area contributed by atoms with Crippen LogP contribution in [0.25, 0.3) is 11.1 Å². The number of nitrogens with one attached hydrogen (secondary N) is 1. The quantitative estimate of drug-likeness (QED) is 0.937. The van der Waals surface area contributed by atoms with Crippen molar-refractivity contribution in [3.05, 3.63) is 53.3 Å². The highest BCUT2D eigenvalue weighted by atomic mass is 16.2. The summed E-state index contributed by atoms with van der Waals surface area (Å²) in [6.45, 7) is 6.72. The first-order chi connectivity index (χ1) is 11.9. The number of hydrogen-bond donors (Lipinski definition) is 1. The summed E-state index contributed by atoms with van der Waals surface area (Å²) in [7, 11) is 0. The van der Waals surface area contributed by atoms with E-state index in [0.29, 0.717) is 18.7 Å². The molecule has 0 bridgehead atoms. The normalized spacial score (nSPS) is 16.8. The zero-order valence-electron chi connectivity index (χ0n) is 14.9. The summed E-state index contributed by atoms with van der Waals surface area (Å²) in [5.74, 6) is -0.0381. The van der Waals surface area contributed by atoms with Gasteiger partial charge in [-0.15, -0.1) is 0 Å². The number of pyridine rings is 1. The molecule has 25 heavy (non-hydrogen) atoms. The summed E-state index contributed by atoms with van der Waals surface area (Å²) >= 11 is 0. The van der Waals surface area contributed by atoms with E-state index >= 15 is 0 Å². The van der Waals surface area contributed by atoms with Gasteiger partial charge in [-0.2, -0.15) is 0 Å². The summed E-state index contributed by atoms with van der Waals surface area (Å²) in [6.07, 6.45) is 0.803. The third-order valence-corrected chi connectivity index (χ3v) is 4.55. The molecule has 5 heteroatoms. The fraction of sp³-hybridized carbons (Fsp3) is 0.350. The molecule has 0 aliphatic carbocycles. The maximum atomic E-state index is 12.6. The Hall–Kier alpha value is -2.69. The van der Waals surface area contributed by atoms with Gasteiger partial charge in [0.1, 0.15) is 0 Å². The van der Waals surface area contributed by atoms with E-state index in [1.165, 1.54) is 6.92 Å². The van der Waals surface area contributed by atoms with E-state index < -0.39 is 0 Å². The average Bonchev–Trinajstić information content (AvgIpc) is 3.02. The summed E-state index contributed by atoms with van der Waals surface area (Å²) < 4.78 is 0. The molecule has 0 radical (unpaired) electrons. The van der Waals surface area contributed by atoms with Gasteiger partial charge >= 0.3 is 0 Å². The molecule has 1 atom stereocenters. The van der Waals surface area contributed by atoms with Crippen LogP contribution in [0, 0.1) is 13.8 Å². The molecule has 1 aromatic heterocycles. The van der Waals surface area contributed by atoms with E-state index in [4.69, 9.17) is 0 Å². The second-order valence-electron chi connectivity index (χ2n) is 6.60. The zero-order chi connectivity index (χ0) is 18.0. The fourth-order valence-corrected chi connectivity index (χ4v) is 3.32. The van der Waals surface area contributed by atoms with Crippen molar-refractivity contribution in [2.24, 2.45) is 0 Å². The lowest BCUT2D eigenvalue weighted by molar-refractivity contribution is -0.119. The molecule has 0 saturated carbocycles. The first-order valence-corrected chi connectivity index (χ1v) is 8.55. The average molecular weight is 337 g/mol. The number of amides is 2. The highest BCUT2D eigenvalue weighted by Crippen LogP contribution is 2.23. The van der Waals surface area contributed by atoms with Gasteiger partial charge in [-0.05, 0) is 44.0 Å². The van der Waals surface area contributed by atoms with Crippen LogP contribution >= 0.6 is 0 Å². The smallest absolute Gasteiger partial charge is 0.253 e. The van der Waals surface area contributed by atoms with Crippen molar-refractivity contribution in [3.63, 3.8) is 0 Å². The van der Waals surface area contributed by atoms with Gasteiger partial charge < -0.3 is 10.2 Å². The van der Waals surface area contributed by atoms with Crippen LogP contribution in [0.2, 0.25) is 0 Å². The number of carbonyl (C=O) groups excluding carboxylic acids is 2. The van der Waals surface area contributed by atoms with E-state index in [2.05, 4.69) is 16.4 Å². The van der Waals surface area contributed by atoms with E-state index in [1.54, 1.807) is 4.90 Å². The van der Waals surface area contributed by atoms with Crippen molar-refractivity contribution >= 4 is 11.8 Å². The lowest BCUT2D eigenvalue weighted by Crippen LogP contribution is -2.37. The molecule has 1 aliphatic rings. The Morgan fingerprint density at radius 3 is 2.48 bits per heavy atom. The van der Waals surface area contributed by atoms with Gasteiger partial charge in [0.2, 0.25) is 5.91 Å². The van der Waals surface area contributed by atoms with Crippen molar-refractivity contribution in [1.29, 1.82) is 0 Å². The second kappa shape index (κ2) is 7.05. The first kappa shape index (κ1) is 17.1. The van der Waals surface area contributed by atoms with E-state index in [-0.39, 0.29) is 17.9 Å². The zero-order valence-corrected chi connectivity index (χ0v) is 14.9. The van der Waals surface area contributed by atoms with Gasteiger partial charge in [0.15, 0.2) is 0 Å². The van der Waals surface area contributed by atoms with Crippen LogP contribution in [-0.2, 0) is 4.79 Å². The molecule has 1 N–H and O–H groups in total. The SMILES string of the molecule is CC(=O)N[C@@H]1CCN(C(=O)c2ccc(-c3ccc(C)nc3C)cc2)C1. The topological polar surface area (TPSA) is 62.3 Å². The lowest BCUT2D eigenvalue weighted by Gasteiger charge is -2.17. The van der Waals surface area contributed by atoms with Gasteiger partial charge in [-0.3, -0.25) is 14.6 Å². The Kier molecular flexibility index (Phi) is 4.83. The molecule has 3 rings (SSSR count). The molecule has 130 valence electrons. The van der Waals surface area contributed by atoms with Crippen LogP contribution in [-0.4, -0.2) is 40.8 Å². The van der Waals surface area contributed by atoms with Gasteiger partial charge in [-0.1, -0.05) is 18.2 Å². The molecule has 5 nitrogen and oxygen atoms in total. The summed E-state index contributed by atoms with van der Waals surface area (Å²) in [4.78, 5) is 30.1. The van der Waals surface area contributed by atoms with Gasteiger partial charge in [-0.25, -0.2) is 0 Å². The predicted molar refractivity (Wildman–Crippen MR) is 97.3 cm³/mol. The number of benzene rings is 1. The number of hydrogen-bond acceptors (Lipinski definition) is 3. The van der Waals surface area contributed by atoms with E-state index in [9.17, 15) is 9.59 Å². The third kappa shape index (κ3) is 3.87. The Morgan fingerprint density at radius 2 is 1.84 bits per heavy atom. The highest BCUT2D eigenvalue weighted by molar-refractivity contribution is 5.95. The minimum absolute atomic E-state index is 0.0122. The molecule has 2 amide bonds. The van der Waals surface area contributed by atoms with Crippen LogP contribution < -0.4 is 5.32 Å². The molecule has 1 aliphatic heterocycles. The molecular weight excluding hydrogens is 314 g/mol. The van der Waals surface area contributed by atoms with Crippen LogP contribution in [0.15, 0.2) is 36.4 Å². The number of aromatic nitrogens is 1. The largest absolute Gasteiger partial charge is 0.352 e. The van der Waals surface area contributed by atoms with Crippen molar-refractivity contribution in [3.8, 4) is 11.1 Å². The predicted octanol–water partition coefficient (Wildman–Crippen LogP) is 2.72. The Balaban J connectivity index is 1.72. The molecule has 0 unspecified atom stereocenters. The molecular formula is C20H23N3O2. The molecule has 1 fully saturated rings. The van der Waals surface area contributed by atoms with Crippen LogP contribution in [0.3, 0.4) is 0 Å². The summed E-state index contributed by atoms with van der Waals surface area (Å²) in [5.41, 5.74) is 4.79. The molecule has 2 heterocycles. The van der Waals surface area contributed by atoms with Crippen LogP contribution in [0.5, 0.6) is 0 Å². The summed E-state index contributed by atoms with van der Waals surface area (Å²) in [5, 5.41) is 2.88. The molecule has 2 aromatic rings.